The van der Waals surface area contributed by atoms with Crippen molar-refractivity contribution in [3.8, 4) is 0 Å². The van der Waals surface area contributed by atoms with Crippen LogP contribution in [0.15, 0.2) is 22.8 Å². The lowest BCUT2D eigenvalue weighted by atomic mass is 10.2. The van der Waals surface area contributed by atoms with Gasteiger partial charge in [-0.25, -0.2) is 4.98 Å². The normalized spacial score (nSPS) is 13.8. The SMILES string of the molecule is O=C(Cc1ccco1)Nc1nc2c(s1)C(=O)NCC2. The quantitative estimate of drug-likeness (QED) is 0.883. The Bertz CT molecular complexity index is 618. The number of amides is 2. The van der Waals surface area contributed by atoms with Crippen LogP contribution >= 0.6 is 11.3 Å². The van der Waals surface area contributed by atoms with Gasteiger partial charge in [-0.05, 0) is 12.1 Å². The molecule has 1 aliphatic heterocycles. The number of nitrogens with zero attached hydrogens (tertiary/aromatic N) is 1. The summed E-state index contributed by atoms with van der Waals surface area (Å²) in [6, 6.07) is 3.47. The van der Waals surface area contributed by atoms with Gasteiger partial charge in [0.25, 0.3) is 5.91 Å². The number of hydrogen-bond donors (Lipinski definition) is 2. The van der Waals surface area contributed by atoms with E-state index in [0.29, 0.717) is 28.7 Å². The summed E-state index contributed by atoms with van der Waals surface area (Å²) in [4.78, 5) is 28.2. The third-order valence-corrected chi connectivity index (χ3v) is 3.72. The van der Waals surface area contributed by atoms with Gasteiger partial charge in [-0.1, -0.05) is 11.3 Å². The molecule has 0 atom stereocenters. The van der Waals surface area contributed by atoms with Crippen LogP contribution in [0.25, 0.3) is 0 Å². The molecule has 0 aromatic carbocycles. The van der Waals surface area contributed by atoms with Crippen LogP contribution in [-0.2, 0) is 17.6 Å². The summed E-state index contributed by atoms with van der Waals surface area (Å²) in [6.07, 6.45) is 2.38. The average molecular weight is 277 g/mol. The summed E-state index contributed by atoms with van der Waals surface area (Å²) in [5.41, 5.74) is 0.752. The monoisotopic (exact) mass is 277 g/mol. The average Bonchev–Trinajstić information content (AvgIpc) is 2.98. The van der Waals surface area contributed by atoms with E-state index < -0.39 is 0 Å². The Kier molecular flexibility index (Phi) is 3.04. The lowest BCUT2D eigenvalue weighted by Crippen LogP contribution is -2.30. The van der Waals surface area contributed by atoms with E-state index >= 15 is 0 Å². The van der Waals surface area contributed by atoms with Crippen LogP contribution in [0.1, 0.15) is 21.1 Å². The van der Waals surface area contributed by atoms with Crippen molar-refractivity contribution in [1.29, 1.82) is 0 Å². The van der Waals surface area contributed by atoms with Crippen molar-refractivity contribution in [2.24, 2.45) is 0 Å². The number of nitrogens with one attached hydrogen (secondary N) is 2. The number of fused-ring (bicyclic) bond motifs is 1. The van der Waals surface area contributed by atoms with Crippen molar-refractivity contribution in [2.45, 2.75) is 12.8 Å². The Morgan fingerprint density at radius 1 is 1.58 bits per heavy atom. The summed E-state index contributed by atoms with van der Waals surface area (Å²) >= 11 is 1.20. The fourth-order valence-corrected chi connectivity index (χ4v) is 2.81. The summed E-state index contributed by atoms with van der Waals surface area (Å²) in [5.74, 6) is 0.267. The van der Waals surface area contributed by atoms with Crippen LogP contribution in [0.4, 0.5) is 5.13 Å². The van der Waals surface area contributed by atoms with Gasteiger partial charge in [-0.2, -0.15) is 0 Å². The van der Waals surface area contributed by atoms with Crippen molar-refractivity contribution in [3.05, 3.63) is 34.7 Å². The molecule has 7 heteroatoms. The molecule has 0 saturated carbocycles. The number of anilines is 1. The molecule has 0 unspecified atom stereocenters. The molecule has 0 saturated heterocycles. The molecule has 0 aliphatic carbocycles. The van der Waals surface area contributed by atoms with Gasteiger partial charge in [0.15, 0.2) is 5.13 Å². The minimum absolute atomic E-state index is 0.120. The van der Waals surface area contributed by atoms with Gasteiger partial charge >= 0.3 is 0 Å². The maximum Gasteiger partial charge on any atom is 0.263 e. The highest BCUT2D eigenvalue weighted by atomic mass is 32.1. The lowest BCUT2D eigenvalue weighted by Gasteiger charge is -2.09. The zero-order valence-electron chi connectivity index (χ0n) is 9.93. The van der Waals surface area contributed by atoms with E-state index in [1.165, 1.54) is 17.6 Å². The number of carbonyl (C=O) groups excluding carboxylic acids is 2. The zero-order chi connectivity index (χ0) is 13.2. The second-order valence-corrected chi connectivity index (χ2v) is 5.10. The van der Waals surface area contributed by atoms with Crippen LogP contribution in [0.2, 0.25) is 0 Å². The molecule has 1 aliphatic rings. The van der Waals surface area contributed by atoms with Crippen molar-refractivity contribution >= 4 is 28.3 Å². The van der Waals surface area contributed by atoms with Crippen molar-refractivity contribution in [2.75, 3.05) is 11.9 Å². The fourth-order valence-electron chi connectivity index (χ4n) is 1.86. The van der Waals surface area contributed by atoms with Gasteiger partial charge in [-0.15, -0.1) is 0 Å². The molecule has 2 aromatic heterocycles. The van der Waals surface area contributed by atoms with Crippen LogP contribution in [0, 0.1) is 0 Å². The first kappa shape index (κ1) is 11.9. The number of rotatable bonds is 3. The van der Waals surface area contributed by atoms with Gasteiger partial charge in [0.2, 0.25) is 5.91 Å². The van der Waals surface area contributed by atoms with Crippen LogP contribution in [0.5, 0.6) is 0 Å². The first-order valence-corrected chi connectivity index (χ1v) is 6.64. The topological polar surface area (TPSA) is 84.2 Å². The van der Waals surface area contributed by atoms with E-state index in [1.807, 2.05) is 0 Å². The predicted molar refractivity (Wildman–Crippen MR) is 69.2 cm³/mol. The molecule has 98 valence electrons. The predicted octanol–water partition coefficient (Wildman–Crippen LogP) is 1.20. The molecule has 19 heavy (non-hydrogen) atoms. The molecular weight excluding hydrogens is 266 g/mol. The standard InChI is InChI=1S/C12H11N3O3S/c16-9(6-7-2-1-5-18-7)15-12-14-8-3-4-13-11(17)10(8)19-12/h1-2,5H,3-4,6H2,(H,13,17)(H,14,15,16). The first-order valence-electron chi connectivity index (χ1n) is 5.82. The second-order valence-electron chi connectivity index (χ2n) is 4.11. The van der Waals surface area contributed by atoms with Gasteiger partial charge in [-0.3, -0.25) is 9.59 Å². The largest absolute Gasteiger partial charge is 0.469 e. The van der Waals surface area contributed by atoms with E-state index in [9.17, 15) is 9.59 Å². The van der Waals surface area contributed by atoms with Crippen LogP contribution < -0.4 is 10.6 Å². The first-order chi connectivity index (χ1) is 9.22. The Balaban J connectivity index is 1.70. The fraction of sp³-hybridized carbons (Fsp3) is 0.250. The molecule has 0 radical (unpaired) electrons. The van der Waals surface area contributed by atoms with E-state index in [2.05, 4.69) is 15.6 Å². The number of hydrogen-bond acceptors (Lipinski definition) is 5. The maximum absolute atomic E-state index is 11.8. The highest BCUT2D eigenvalue weighted by Gasteiger charge is 2.22. The molecule has 6 nitrogen and oxygen atoms in total. The third kappa shape index (κ3) is 2.50. The number of furan rings is 1. The van der Waals surface area contributed by atoms with Crippen molar-refractivity contribution < 1.29 is 14.0 Å². The van der Waals surface area contributed by atoms with E-state index in [4.69, 9.17) is 4.42 Å². The van der Waals surface area contributed by atoms with Crippen LogP contribution in [0.3, 0.4) is 0 Å². The van der Waals surface area contributed by atoms with E-state index in [-0.39, 0.29) is 18.2 Å². The Hall–Kier alpha value is -2.15. The summed E-state index contributed by atoms with van der Waals surface area (Å²) in [5, 5.41) is 5.89. The maximum atomic E-state index is 11.8. The molecule has 0 spiro atoms. The van der Waals surface area contributed by atoms with Crippen molar-refractivity contribution in [1.82, 2.24) is 10.3 Å². The number of thiazole rings is 1. The minimum Gasteiger partial charge on any atom is -0.469 e. The van der Waals surface area contributed by atoms with Gasteiger partial charge < -0.3 is 15.1 Å². The second kappa shape index (κ2) is 4.85. The van der Waals surface area contributed by atoms with Crippen molar-refractivity contribution in [3.63, 3.8) is 0 Å². The molecule has 3 heterocycles. The Labute approximate surface area is 112 Å². The molecule has 2 aromatic rings. The summed E-state index contributed by atoms with van der Waals surface area (Å²) in [6.45, 7) is 0.593. The van der Waals surface area contributed by atoms with Gasteiger partial charge in [0, 0.05) is 13.0 Å². The smallest absolute Gasteiger partial charge is 0.263 e. The van der Waals surface area contributed by atoms with Crippen LogP contribution in [-0.4, -0.2) is 23.3 Å². The highest BCUT2D eigenvalue weighted by molar-refractivity contribution is 7.17. The summed E-state index contributed by atoms with van der Waals surface area (Å²) in [7, 11) is 0. The molecule has 2 N–H and O–H groups in total. The van der Waals surface area contributed by atoms with Gasteiger partial charge in [0.1, 0.15) is 10.6 Å². The molecule has 0 bridgehead atoms. The Morgan fingerprint density at radius 2 is 2.47 bits per heavy atom. The molecule has 3 rings (SSSR count). The third-order valence-electron chi connectivity index (χ3n) is 2.71. The van der Waals surface area contributed by atoms with E-state index in [0.717, 1.165) is 5.69 Å². The molecule has 0 fully saturated rings. The summed E-state index contributed by atoms with van der Waals surface area (Å²) < 4.78 is 5.10. The van der Waals surface area contributed by atoms with E-state index in [1.54, 1.807) is 12.1 Å². The zero-order valence-corrected chi connectivity index (χ0v) is 10.8. The molecular formula is C12H11N3O3S. The Morgan fingerprint density at radius 3 is 3.21 bits per heavy atom. The number of carbonyl (C=O) groups is 2. The highest BCUT2D eigenvalue weighted by Crippen LogP contribution is 2.25. The number of aromatic nitrogens is 1. The minimum atomic E-state index is -0.207. The van der Waals surface area contributed by atoms with Gasteiger partial charge in [0.05, 0.1) is 18.4 Å². The lowest BCUT2D eigenvalue weighted by molar-refractivity contribution is -0.115. The molecule has 2 amide bonds.